The van der Waals surface area contributed by atoms with Gasteiger partial charge < -0.3 is 9.80 Å². The van der Waals surface area contributed by atoms with E-state index in [0.29, 0.717) is 24.1 Å². The first-order chi connectivity index (χ1) is 15.4. The molecule has 0 saturated carbocycles. The van der Waals surface area contributed by atoms with Crippen LogP contribution in [0.1, 0.15) is 40.3 Å². The van der Waals surface area contributed by atoms with Crippen LogP contribution in [0.3, 0.4) is 0 Å². The molecule has 1 aromatic carbocycles. The van der Waals surface area contributed by atoms with E-state index in [-0.39, 0.29) is 35.4 Å². The number of likely N-dealkylation sites (N-methyl/N-ethyl adjacent to an activating group) is 3. The molecule has 1 heterocycles. The summed E-state index contributed by atoms with van der Waals surface area (Å²) in [6.07, 6.45) is 2.33. The first kappa shape index (κ1) is 23.3. The summed E-state index contributed by atoms with van der Waals surface area (Å²) in [5.41, 5.74) is 1.97. The summed E-state index contributed by atoms with van der Waals surface area (Å²) in [6, 6.07) is 12.5. The van der Waals surface area contributed by atoms with Crippen LogP contribution >= 0.6 is 0 Å². The molecule has 0 radical (unpaired) electrons. The van der Waals surface area contributed by atoms with Gasteiger partial charge in [0.2, 0.25) is 17.5 Å². The number of carbonyl (C=O) groups is 3. The average molecular weight is 435 g/mol. The van der Waals surface area contributed by atoms with Crippen LogP contribution in [0.5, 0.6) is 0 Å². The van der Waals surface area contributed by atoms with Gasteiger partial charge in [-0.15, -0.1) is 0 Å². The van der Waals surface area contributed by atoms with Crippen LogP contribution in [-0.2, 0) is 11.2 Å². The standard InChI is InChI=1S/C25H30N4O3/c1-5-29(6-2)17-21(30)28(4)23-22(27(3)16-14-18-11-9-10-15-26-18)24(31)19-12-7-8-13-20(19)25(23)32/h7-13,15H,5-6,14,16-17H2,1-4H3. The molecule has 7 nitrogen and oxygen atoms in total. The van der Waals surface area contributed by atoms with Crippen LogP contribution in [0.15, 0.2) is 60.1 Å². The zero-order valence-electron chi connectivity index (χ0n) is 19.2. The maximum atomic E-state index is 13.5. The Balaban J connectivity index is 1.98. The Morgan fingerprint density at radius 2 is 1.47 bits per heavy atom. The highest BCUT2D eigenvalue weighted by Gasteiger charge is 2.37. The van der Waals surface area contributed by atoms with Crippen molar-refractivity contribution in [3.63, 3.8) is 0 Å². The largest absolute Gasteiger partial charge is 0.369 e. The maximum absolute atomic E-state index is 13.5. The van der Waals surface area contributed by atoms with Crippen LogP contribution in [0.2, 0.25) is 0 Å². The van der Waals surface area contributed by atoms with Crippen LogP contribution in [-0.4, -0.2) is 77.4 Å². The summed E-state index contributed by atoms with van der Waals surface area (Å²) in [5.74, 6) is -0.781. The Bertz CT molecular complexity index is 1030. The highest BCUT2D eigenvalue weighted by atomic mass is 16.2. The van der Waals surface area contributed by atoms with E-state index in [4.69, 9.17) is 0 Å². The van der Waals surface area contributed by atoms with Gasteiger partial charge in [0.1, 0.15) is 11.4 Å². The molecule has 3 rings (SSSR count). The van der Waals surface area contributed by atoms with Gasteiger partial charge in [0, 0.05) is 50.1 Å². The number of aromatic nitrogens is 1. The fourth-order valence-corrected chi connectivity index (χ4v) is 3.82. The maximum Gasteiger partial charge on any atom is 0.241 e. The number of fused-ring (bicyclic) bond motifs is 1. The molecule has 0 unspecified atom stereocenters. The molecule has 2 aromatic rings. The van der Waals surface area contributed by atoms with Gasteiger partial charge in [-0.25, -0.2) is 0 Å². The van der Waals surface area contributed by atoms with Gasteiger partial charge in [-0.2, -0.15) is 0 Å². The molecule has 1 aliphatic carbocycles. The molecule has 168 valence electrons. The van der Waals surface area contributed by atoms with Crippen molar-refractivity contribution in [3.8, 4) is 0 Å². The SMILES string of the molecule is CCN(CC)CC(=O)N(C)C1=C(N(C)CCc2ccccn2)C(=O)c2ccccc2C1=O. The first-order valence-corrected chi connectivity index (χ1v) is 10.9. The number of amides is 1. The van der Waals surface area contributed by atoms with Gasteiger partial charge in [0.25, 0.3) is 0 Å². The number of carbonyl (C=O) groups excluding carboxylic acids is 3. The number of benzene rings is 1. The Labute approximate surface area is 189 Å². The summed E-state index contributed by atoms with van der Waals surface area (Å²) in [4.78, 5) is 49.4. The van der Waals surface area contributed by atoms with Gasteiger partial charge in [0.05, 0.1) is 6.54 Å². The van der Waals surface area contributed by atoms with Crippen molar-refractivity contribution in [2.24, 2.45) is 0 Å². The Kier molecular flexibility index (Phi) is 7.53. The second-order valence-corrected chi connectivity index (χ2v) is 7.81. The lowest BCUT2D eigenvalue weighted by atomic mass is 9.89. The number of ketones is 2. The molecule has 1 aliphatic rings. The summed E-state index contributed by atoms with van der Waals surface area (Å²) in [5, 5.41) is 0. The van der Waals surface area contributed by atoms with Gasteiger partial charge in [-0.3, -0.25) is 24.3 Å². The molecule has 0 spiro atoms. The van der Waals surface area contributed by atoms with Crippen LogP contribution in [0.4, 0.5) is 0 Å². The second-order valence-electron chi connectivity index (χ2n) is 7.81. The lowest BCUT2D eigenvalue weighted by molar-refractivity contribution is -0.129. The Morgan fingerprint density at radius 3 is 2.03 bits per heavy atom. The molecule has 0 bridgehead atoms. The second kappa shape index (κ2) is 10.3. The molecular formula is C25H30N4O3. The lowest BCUT2D eigenvalue weighted by Crippen LogP contribution is -2.44. The van der Waals surface area contributed by atoms with E-state index in [1.807, 2.05) is 36.9 Å². The minimum atomic E-state index is -0.310. The lowest BCUT2D eigenvalue weighted by Gasteiger charge is -2.32. The van der Waals surface area contributed by atoms with Gasteiger partial charge in [-0.05, 0) is 25.2 Å². The molecule has 0 N–H and O–H groups in total. The highest BCUT2D eigenvalue weighted by molar-refractivity contribution is 6.27. The Morgan fingerprint density at radius 1 is 0.875 bits per heavy atom. The van der Waals surface area contributed by atoms with E-state index in [9.17, 15) is 14.4 Å². The monoisotopic (exact) mass is 434 g/mol. The van der Waals surface area contributed by atoms with Gasteiger partial charge in [0.15, 0.2) is 0 Å². The Hall–Kier alpha value is -3.32. The molecule has 1 aromatic heterocycles. The molecule has 0 fully saturated rings. The van der Waals surface area contributed by atoms with E-state index < -0.39 is 0 Å². The highest BCUT2D eigenvalue weighted by Crippen LogP contribution is 2.29. The first-order valence-electron chi connectivity index (χ1n) is 10.9. The third kappa shape index (κ3) is 4.78. The molecule has 7 heteroatoms. The summed E-state index contributed by atoms with van der Waals surface area (Å²) >= 11 is 0. The van der Waals surface area contributed by atoms with Crippen LogP contribution in [0.25, 0.3) is 0 Å². The number of nitrogens with zero attached hydrogens (tertiary/aromatic N) is 4. The van der Waals surface area contributed by atoms with E-state index >= 15 is 0 Å². The number of allylic oxidation sites excluding steroid dienone is 2. The normalized spacial score (nSPS) is 13.4. The van der Waals surface area contributed by atoms with E-state index in [1.165, 1.54) is 4.90 Å². The molecule has 1 amide bonds. The summed E-state index contributed by atoms with van der Waals surface area (Å²) in [6.45, 7) is 6.08. The third-order valence-corrected chi connectivity index (χ3v) is 5.84. The molecule has 0 aliphatic heterocycles. The average Bonchev–Trinajstić information content (AvgIpc) is 2.83. The zero-order valence-corrected chi connectivity index (χ0v) is 19.2. The molecule has 0 atom stereocenters. The number of Topliss-reactive ketones (excluding diaryl/α,β-unsaturated/α-hetero) is 2. The number of pyridine rings is 1. The van der Waals surface area contributed by atoms with Crippen molar-refractivity contribution in [1.29, 1.82) is 0 Å². The van der Waals surface area contributed by atoms with Crippen LogP contribution < -0.4 is 0 Å². The predicted octanol–water partition coefficient (Wildman–Crippen LogP) is 2.65. The summed E-state index contributed by atoms with van der Waals surface area (Å²) in [7, 11) is 3.35. The topological polar surface area (TPSA) is 73.8 Å². The number of hydrogen-bond acceptors (Lipinski definition) is 6. The van der Waals surface area contributed by atoms with Crippen molar-refractivity contribution in [1.82, 2.24) is 19.7 Å². The van der Waals surface area contributed by atoms with Crippen molar-refractivity contribution in [2.75, 3.05) is 40.3 Å². The molecular weight excluding hydrogens is 404 g/mol. The smallest absolute Gasteiger partial charge is 0.241 e. The van der Waals surface area contributed by atoms with E-state index in [0.717, 1.165) is 18.8 Å². The van der Waals surface area contributed by atoms with Crippen LogP contribution in [0, 0.1) is 0 Å². The minimum absolute atomic E-state index is 0.134. The van der Waals surface area contributed by atoms with Gasteiger partial charge in [-0.1, -0.05) is 44.2 Å². The molecule has 32 heavy (non-hydrogen) atoms. The van der Waals surface area contributed by atoms with E-state index in [2.05, 4.69) is 4.98 Å². The fourth-order valence-electron chi connectivity index (χ4n) is 3.82. The zero-order chi connectivity index (χ0) is 23.3. The predicted molar refractivity (Wildman–Crippen MR) is 123 cm³/mol. The fraction of sp³-hybridized carbons (Fsp3) is 0.360. The number of rotatable bonds is 9. The van der Waals surface area contributed by atoms with Crippen molar-refractivity contribution >= 4 is 17.5 Å². The third-order valence-electron chi connectivity index (χ3n) is 5.84. The van der Waals surface area contributed by atoms with Gasteiger partial charge >= 0.3 is 0 Å². The molecule has 0 saturated heterocycles. The quantitative estimate of drug-likeness (QED) is 0.604. The summed E-state index contributed by atoms with van der Waals surface area (Å²) < 4.78 is 0. The van der Waals surface area contributed by atoms with Crippen molar-refractivity contribution in [3.05, 3.63) is 76.9 Å². The number of hydrogen-bond donors (Lipinski definition) is 0. The minimum Gasteiger partial charge on any atom is -0.369 e. The van der Waals surface area contributed by atoms with Crippen molar-refractivity contribution < 1.29 is 14.4 Å². The van der Waals surface area contributed by atoms with E-state index in [1.54, 1.807) is 49.5 Å². The van der Waals surface area contributed by atoms with Crippen molar-refractivity contribution in [2.45, 2.75) is 20.3 Å².